The van der Waals surface area contributed by atoms with Gasteiger partial charge < -0.3 is 9.80 Å². The normalized spacial score (nSPS) is 27.5. The molecule has 2 spiro atoms. The molecule has 59 heavy (non-hydrogen) atoms. The zero-order valence-electron chi connectivity index (χ0n) is 33.4. The highest BCUT2D eigenvalue weighted by Crippen LogP contribution is 2.70. The van der Waals surface area contributed by atoms with Crippen LogP contribution < -0.4 is 26.2 Å². The number of fused-ring (bicyclic) bond motifs is 11. The summed E-state index contributed by atoms with van der Waals surface area (Å²) in [5.41, 5.74) is 24.7. The van der Waals surface area contributed by atoms with Crippen LogP contribution in [0.25, 0.3) is 22.3 Å². The molecule has 282 valence electrons. The molecule has 4 fully saturated rings. The van der Waals surface area contributed by atoms with Crippen LogP contribution in [0.4, 0.5) is 34.1 Å². The summed E-state index contributed by atoms with van der Waals surface area (Å²) in [4.78, 5) is 5.31. The second-order valence-corrected chi connectivity index (χ2v) is 19.3. The number of hydrogen-bond donors (Lipinski definition) is 0. The van der Waals surface area contributed by atoms with Crippen molar-refractivity contribution in [3.8, 4) is 22.3 Å². The summed E-state index contributed by atoms with van der Waals surface area (Å²) in [6.45, 7) is 0.119. The molecule has 2 aliphatic heterocycles. The van der Waals surface area contributed by atoms with Crippen molar-refractivity contribution >= 4 is 57.2 Å². The summed E-state index contributed by atoms with van der Waals surface area (Å²) in [7, 11) is 0. The number of hydrogen-bond acceptors (Lipinski definition) is 2. The van der Waals surface area contributed by atoms with Gasteiger partial charge in [-0.15, -0.1) is 0 Å². The highest BCUT2D eigenvalue weighted by Gasteiger charge is 2.62. The SMILES string of the molecule is c1ccc(N2c3ccccc3B3c4ccc5c(c4N(c4ccc6c(c4)C4(c7ccccc7-6)C6CCC4CC6)c4cccc2c43)-c2ccccc2C52C3CCC2CC3)cc1. The molecule has 2 heterocycles. The molecule has 3 heteroatoms. The van der Waals surface area contributed by atoms with Gasteiger partial charge in [0, 0.05) is 50.5 Å². The Bertz CT molecular complexity index is 2940. The standard InChI is InChI=1S/C56H45BN2/c1-2-11-38(12-3-1)58-49-18-9-8-17-47(49)57-48-32-31-45-52(42-14-5-7-16-44(42)55(45)34-21-22-35(55)24-23-34)54(48)59(51-20-10-19-50(58)53(51)57)39-29-30-41-40-13-4-6-15-43(40)56(46(41)33-39)36-25-26-37(56)28-27-36/h1-20,29-37H,21-28H2. The summed E-state index contributed by atoms with van der Waals surface area (Å²) in [6, 6.07) is 59.6. The number of para-hydroxylation sites is 2. The van der Waals surface area contributed by atoms with Gasteiger partial charge in [0.25, 0.3) is 6.71 Å². The maximum absolute atomic E-state index is 2.78. The van der Waals surface area contributed by atoms with Gasteiger partial charge in [0.1, 0.15) is 0 Å². The van der Waals surface area contributed by atoms with Crippen molar-refractivity contribution in [3.63, 3.8) is 0 Å². The molecule has 7 aromatic rings. The molecule has 7 aromatic carbocycles. The Morgan fingerprint density at radius 1 is 0.390 bits per heavy atom. The van der Waals surface area contributed by atoms with E-state index < -0.39 is 0 Å². The van der Waals surface area contributed by atoms with Crippen LogP contribution in [0.3, 0.4) is 0 Å². The highest BCUT2D eigenvalue weighted by molar-refractivity contribution is 7.00. The van der Waals surface area contributed by atoms with Crippen molar-refractivity contribution in [1.82, 2.24) is 0 Å². The molecule has 0 unspecified atom stereocenters. The Balaban J connectivity index is 1.06. The lowest BCUT2D eigenvalue weighted by atomic mass is 9.33. The summed E-state index contributed by atoms with van der Waals surface area (Å²) >= 11 is 0. The quantitative estimate of drug-likeness (QED) is 0.162. The fourth-order valence-corrected chi connectivity index (χ4v) is 15.8. The molecular formula is C56H45BN2. The predicted octanol–water partition coefficient (Wildman–Crippen LogP) is 11.9. The first-order valence-corrected chi connectivity index (χ1v) is 22.7. The van der Waals surface area contributed by atoms with E-state index >= 15 is 0 Å². The second kappa shape index (κ2) is 11.1. The van der Waals surface area contributed by atoms with E-state index in [1.54, 1.807) is 22.3 Å². The van der Waals surface area contributed by atoms with Crippen molar-refractivity contribution in [2.24, 2.45) is 23.7 Å². The van der Waals surface area contributed by atoms with Gasteiger partial charge in [-0.25, -0.2) is 0 Å². The van der Waals surface area contributed by atoms with Crippen molar-refractivity contribution in [2.45, 2.75) is 62.2 Å². The molecule has 2 nitrogen and oxygen atoms in total. The van der Waals surface area contributed by atoms with Gasteiger partial charge in [0.2, 0.25) is 0 Å². The van der Waals surface area contributed by atoms with Gasteiger partial charge in [0.05, 0.1) is 0 Å². The van der Waals surface area contributed by atoms with Crippen molar-refractivity contribution in [2.75, 3.05) is 9.80 Å². The first kappa shape index (κ1) is 32.1. The van der Waals surface area contributed by atoms with E-state index in [4.69, 9.17) is 0 Å². The Kier molecular flexibility index (Phi) is 6.02. The molecule has 4 bridgehead atoms. The molecule has 15 rings (SSSR count). The largest absolute Gasteiger partial charge is 0.311 e. The van der Waals surface area contributed by atoms with E-state index in [0.717, 1.165) is 23.7 Å². The van der Waals surface area contributed by atoms with Gasteiger partial charge in [0.15, 0.2) is 0 Å². The lowest BCUT2D eigenvalue weighted by Crippen LogP contribution is -2.61. The van der Waals surface area contributed by atoms with E-state index in [1.165, 1.54) is 124 Å². The second-order valence-electron chi connectivity index (χ2n) is 19.3. The topological polar surface area (TPSA) is 6.48 Å². The smallest absolute Gasteiger partial charge is 0.252 e. The predicted molar refractivity (Wildman–Crippen MR) is 244 cm³/mol. The van der Waals surface area contributed by atoms with E-state index in [9.17, 15) is 0 Å². The van der Waals surface area contributed by atoms with Gasteiger partial charge in [-0.3, -0.25) is 0 Å². The Labute approximate surface area is 347 Å². The Morgan fingerprint density at radius 2 is 0.949 bits per heavy atom. The molecule has 6 aliphatic carbocycles. The first-order chi connectivity index (χ1) is 29.3. The van der Waals surface area contributed by atoms with E-state index in [0.29, 0.717) is 0 Å². The molecule has 0 atom stereocenters. The molecule has 4 saturated carbocycles. The minimum absolute atomic E-state index is 0.119. The van der Waals surface area contributed by atoms with Crippen LogP contribution in [0.1, 0.15) is 73.6 Å². The summed E-state index contributed by atoms with van der Waals surface area (Å²) < 4.78 is 0. The molecule has 0 radical (unpaired) electrons. The average molecular weight is 757 g/mol. The van der Waals surface area contributed by atoms with Gasteiger partial charge in [-0.2, -0.15) is 0 Å². The molecular weight excluding hydrogens is 711 g/mol. The molecule has 0 amide bonds. The Morgan fingerprint density at radius 3 is 1.68 bits per heavy atom. The molecule has 0 saturated heterocycles. The first-order valence-electron chi connectivity index (χ1n) is 22.7. The molecule has 0 aromatic heterocycles. The number of nitrogens with zero attached hydrogens (tertiary/aromatic N) is 2. The van der Waals surface area contributed by atoms with Crippen LogP contribution in [0.5, 0.6) is 0 Å². The summed E-state index contributed by atoms with van der Waals surface area (Å²) in [5.74, 6) is 2.87. The minimum atomic E-state index is 0.119. The highest BCUT2D eigenvalue weighted by atomic mass is 15.2. The van der Waals surface area contributed by atoms with Crippen molar-refractivity contribution < 1.29 is 0 Å². The Hall–Kier alpha value is -5.80. The van der Waals surface area contributed by atoms with Crippen molar-refractivity contribution in [3.05, 3.63) is 174 Å². The van der Waals surface area contributed by atoms with Crippen LogP contribution in [0.15, 0.2) is 152 Å². The monoisotopic (exact) mass is 756 g/mol. The molecule has 8 aliphatic rings. The van der Waals surface area contributed by atoms with E-state index in [1.807, 2.05) is 0 Å². The fraction of sp³-hybridized carbons (Fsp3) is 0.250. The fourth-order valence-electron chi connectivity index (χ4n) is 15.8. The third-order valence-corrected chi connectivity index (χ3v) is 17.6. The number of anilines is 6. The summed E-state index contributed by atoms with van der Waals surface area (Å²) in [6.07, 6.45) is 10.8. The minimum Gasteiger partial charge on any atom is -0.311 e. The van der Waals surface area contributed by atoms with Gasteiger partial charge in [-0.1, -0.05) is 109 Å². The molecule has 0 N–H and O–H groups in total. The zero-order chi connectivity index (χ0) is 38.2. The van der Waals surface area contributed by atoms with Gasteiger partial charge in [-0.05, 0) is 173 Å². The van der Waals surface area contributed by atoms with Gasteiger partial charge >= 0.3 is 0 Å². The van der Waals surface area contributed by atoms with Crippen LogP contribution >= 0.6 is 0 Å². The maximum Gasteiger partial charge on any atom is 0.252 e. The van der Waals surface area contributed by atoms with Crippen LogP contribution in [0.2, 0.25) is 0 Å². The van der Waals surface area contributed by atoms with Crippen LogP contribution in [0, 0.1) is 23.7 Å². The van der Waals surface area contributed by atoms with E-state index in [2.05, 4.69) is 161 Å². The zero-order valence-corrected chi connectivity index (χ0v) is 33.4. The van der Waals surface area contributed by atoms with Crippen LogP contribution in [-0.4, -0.2) is 6.71 Å². The number of rotatable bonds is 2. The maximum atomic E-state index is 2.78. The lowest BCUT2D eigenvalue weighted by molar-refractivity contribution is 0.400. The third-order valence-electron chi connectivity index (χ3n) is 17.6. The lowest BCUT2D eigenvalue weighted by Gasteiger charge is -2.45. The third kappa shape index (κ3) is 3.60. The number of benzene rings is 7. The summed E-state index contributed by atoms with van der Waals surface area (Å²) in [5, 5.41) is 0. The van der Waals surface area contributed by atoms with Crippen molar-refractivity contribution in [1.29, 1.82) is 0 Å². The van der Waals surface area contributed by atoms with E-state index in [-0.39, 0.29) is 17.5 Å². The van der Waals surface area contributed by atoms with Crippen LogP contribution in [-0.2, 0) is 10.8 Å². The average Bonchev–Trinajstić information content (AvgIpc) is 4.15.